The van der Waals surface area contributed by atoms with Crippen molar-refractivity contribution < 1.29 is 9.53 Å². The van der Waals surface area contributed by atoms with Crippen molar-refractivity contribution in [1.82, 2.24) is 14.7 Å². The van der Waals surface area contributed by atoms with Crippen LogP contribution in [0.4, 0.5) is 0 Å². The van der Waals surface area contributed by atoms with Crippen LogP contribution in [0.3, 0.4) is 0 Å². The molecular weight excluding hydrogens is 246 g/mol. The van der Waals surface area contributed by atoms with E-state index in [2.05, 4.69) is 5.10 Å². The molecule has 2 heterocycles. The van der Waals surface area contributed by atoms with E-state index in [4.69, 9.17) is 4.74 Å². The molecule has 2 aliphatic rings. The fourth-order valence-electron chi connectivity index (χ4n) is 2.22. The summed E-state index contributed by atoms with van der Waals surface area (Å²) in [5, 5.41) is 4.29. The van der Waals surface area contributed by atoms with Gasteiger partial charge in [-0.25, -0.2) is 4.68 Å². The molecule has 1 saturated carbocycles. The number of aromatic nitrogens is 2. The molecule has 0 spiro atoms. The van der Waals surface area contributed by atoms with Crippen LogP contribution in [0.2, 0.25) is 0 Å². The van der Waals surface area contributed by atoms with Gasteiger partial charge in [0.2, 0.25) is 5.91 Å². The number of nitrogens with zero attached hydrogens (tertiary/aromatic N) is 3. The van der Waals surface area contributed by atoms with Crippen molar-refractivity contribution in [2.24, 2.45) is 0 Å². The minimum Gasteiger partial charge on any atom is -0.378 e. The molecule has 0 atom stereocenters. The van der Waals surface area contributed by atoms with Crippen LogP contribution in [0.5, 0.6) is 0 Å². The summed E-state index contributed by atoms with van der Waals surface area (Å²) in [6, 6.07) is 3.28. The molecular formula is C13H17N3O3. The summed E-state index contributed by atoms with van der Waals surface area (Å²) in [5.74, 6) is 0.413. The average Bonchev–Trinajstić information content (AvgIpc) is 3.27. The van der Waals surface area contributed by atoms with Gasteiger partial charge in [-0.15, -0.1) is 0 Å². The van der Waals surface area contributed by atoms with Gasteiger partial charge >= 0.3 is 0 Å². The molecule has 2 fully saturated rings. The molecule has 6 heteroatoms. The lowest BCUT2D eigenvalue weighted by Crippen LogP contribution is -2.43. The SMILES string of the molecule is O=C(Cn1nc(C2CC2)ccc1=O)N1CCOCC1. The van der Waals surface area contributed by atoms with Crippen LogP contribution in [-0.4, -0.2) is 46.9 Å². The van der Waals surface area contributed by atoms with E-state index in [0.717, 1.165) is 18.5 Å². The Labute approximate surface area is 111 Å². The van der Waals surface area contributed by atoms with E-state index < -0.39 is 0 Å². The first kappa shape index (κ1) is 12.3. The molecule has 1 saturated heterocycles. The lowest BCUT2D eigenvalue weighted by molar-refractivity contribution is -0.136. The van der Waals surface area contributed by atoms with Gasteiger partial charge in [0.05, 0.1) is 18.9 Å². The number of hydrogen-bond donors (Lipinski definition) is 0. The quantitative estimate of drug-likeness (QED) is 0.769. The Balaban J connectivity index is 1.72. The highest BCUT2D eigenvalue weighted by Gasteiger charge is 2.26. The molecule has 1 aromatic rings. The molecule has 0 unspecified atom stereocenters. The lowest BCUT2D eigenvalue weighted by Gasteiger charge is -2.26. The molecule has 1 amide bonds. The van der Waals surface area contributed by atoms with Gasteiger partial charge < -0.3 is 9.64 Å². The van der Waals surface area contributed by atoms with E-state index in [1.165, 1.54) is 10.7 Å². The van der Waals surface area contributed by atoms with Crippen molar-refractivity contribution in [3.8, 4) is 0 Å². The number of hydrogen-bond acceptors (Lipinski definition) is 4. The van der Waals surface area contributed by atoms with Crippen molar-refractivity contribution in [1.29, 1.82) is 0 Å². The van der Waals surface area contributed by atoms with Gasteiger partial charge in [0.25, 0.3) is 5.56 Å². The fourth-order valence-corrected chi connectivity index (χ4v) is 2.22. The van der Waals surface area contributed by atoms with Crippen molar-refractivity contribution in [2.75, 3.05) is 26.3 Å². The lowest BCUT2D eigenvalue weighted by atomic mass is 10.3. The summed E-state index contributed by atoms with van der Waals surface area (Å²) >= 11 is 0. The maximum atomic E-state index is 12.1. The van der Waals surface area contributed by atoms with Gasteiger partial charge in [-0.2, -0.15) is 5.10 Å². The largest absolute Gasteiger partial charge is 0.378 e. The molecule has 1 aliphatic heterocycles. The molecule has 0 N–H and O–H groups in total. The summed E-state index contributed by atoms with van der Waals surface area (Å²) in [6.45, 7) is 2.34. The van der Waals surface area contributed by atoms with Crippen molar-refractivity contribution in [3.05, 3.63) is 28.2 Å². The van der Waals surface area contributed by atoms with Gasteiger partial charge in [0, 0.05) is 25.1 Å². The summed E-state index contributed by atoms with van der Waals surface area (Å²) in [7, 11) is 0. The Morgan fingerprint density at radius 1 is 1.32 bits per heavy atom. The van der Waals surface area contributed by atoms with Gasteiger partial charge in [0.15, 0.2) is 0 Å². The van der Waals surface area contributed by atoms with Crippen LogP contribution in [-0.2, 0) is 16.1 Å². The van der Waals surface area contributed by atoms with E-state index in [-0.39, 0.29) is 18.0 Å². The van der Waals surface area contributed by atoms with Gasteiger partial charge in [-0.1, -0.05) is 0 Å². The molecule has 0 radical (unpaired) electrons. The highest BCUT2D eigenvalue weighted by atomic mass is 16.5. The highest BCUT2D eigenvalue weighted by Crippen LogP contribution is 2.38. The Morgan fingerprint density at radius 3 is 2.74 bits per heavy atom. The number of carbonyl (C=O) groups is 1. The number of ether oxygens (including phenoxy) is 1. The Bertz CT molecular complexity index is 530. The van der Waals surface area contributed by atoms with E-state index in [0.29, 0.717) is 32.2 Å². The third kappa shape index (κ3) is 2.84. The third-order valence-electron chi connectivity index (χ3n) is 3.53. The second kappa shape index (κ2) is 5.13. The normalized spacial score (nSPS) is 19.5. The number of amides is 1. The average molecular weight is 263 g/mol. The molecule has 1 aliphatic carbocycles. The second-order valence-corrected chi connectivity index (χ2v) is 5.02. The first-order valence-electron chi connectivity index (χ1n) is 6.67. The molecule has 102 valence electrons. The topological polar surface area (TPSA) is 64.4 Å². The minimum atomic E-state index is -0.217. The first-order chi connectivity index (χ1) is 9.24. The Morgan fingerprint density at radius 2 is 2.05 bits per heavy atom. The van der Waals surface area contributed by atoms with E-state index >= 15 is 0 Å². The smallest absolute Gasteiger partial charge is 0.267 e. The number of morpholine rings is 1. The predicted molar refractivity (Wildman–Crippen MR) is 67.9 cm³/mol. The van der Waals surface area contributed by atoms with Crippen LogP contribution < -0.4 is 5.56 Å². The summed E-state index contributed by atoms with van der Waals surface area (Å²) < 4.78 is 6.49. The van der Waals surface area contributed by atoms with Crippen LogP contribution in [0.25, 0.3) is 0 Å². The molecule has 3 rings (SSSR count). The summed E-state index contributed by atoms with van der Waals surface area (Å²) in [4.78, 5) is 25.5. The van der Waals surface area contributed by atoms with Crippen molar-refractivity contribution >= 4 is 5.91 Å². The van der Waals surface area contributed by atoms with Gasteiger partial charge in [0.1, 0.15) is 6.54 Å². The second-order valence-electron chi connectivity index (χ2n) is 5.02. The Kier molecular flexibility index (Phi) is 3.33. The van der Waals surface area contributed by atoms with Crippen LogP contribution >= 0.6 is 0 Å². The Hall–Kier alpha value is -1.69. The van der Waals surface area contributed by atoms with Crippen LogP contribution in [0, 0.1) is 0 Å². The standard InChI is InChI=1S/C13H17N3O3/c17-12-4-3-11(10-1-2-10)14-16(12)9-13(18)15-5-7-19-8-6-15/h3-4,10H,1-2,5-9H2. The molecule has 0 bridgehead atoms. The van der Waals surface area contributed by atoms with Crippen LogP contribution in [0.1, 0.15) is 24.5 Å². The molecule has 1 aromatic heterocycles. The number of rotatable bonds is 3. The van der Waals surface area contributed by atoms with Crippen molar-refractivity contribution in [3.63, 3.8) is 0 Å². The van der Waals surface area contributed by atoms with Gasteiger partial charge in [-0.05, 0) is 18.9 Å². The van der Waals surface area contributed by atoms with Gasteiger partial charge in [-0.3, -0.25) is 9.59 Å². The van der Waals surface area contributed by atoms with E-state index in [1.807, 2.05) is 0 Å². The monoisotopic (exact) mass is 263 g/mol. The first-order valence-corrected chi connectivity index (χ1v) is 6.67. The van der Waals surface area contributed by atoms with E-state index in [1.54, 1.807) is 11.0 Å². The molecule has 6 nitrogen and oxygen atoms in total. The summed E-state index contributed by atoms with van der Waals surface area (Å²) in [6.07, 6.45) is 2.26. The summed E-state index contributed by atoms with van der Waals surface area (Å²) in [5.41, 5.74) is 0.709. The van der Waals surface area contributed by atoms with E-state index in [9.17, 15) is 9.59 Å². The van der Waals surface area contributed by atoms with Crippen molar-refractivity contribution in [2.45, 2.75) is 25.3 Å². The van der Waals surface area contributed by atoms with Crippen LogP contribution in [0.15, 0.2) is 16.9 Å². The zero-order chi connectivity index (χ0) is 13.2. The zero-order valence-corrected chi connectivity index (χ0v) is 10.7. The maximum Gasteiger partial charge on any atom is 0.267 e. The minimum absolute atomic E-state index is 0.0272. The zero-order valence-electron chi connectivity index (χ0n) is 10.7. The highest BCUT2D eigenvalue weighted by molar-refractivity contribution is 5.75. The maximum absolute atomic E-state index is 12.1. The predicted octanol–water partition coefficient (Wildman–Crippen LogP) is -0.0205. The molecule has 0 aromatic carbocycles. The fraction of sp³-hybridized carbons (Fsp3) is 0.615. The third-order valence-corrected chi connectivity index (χ3v) is 3.53. The number of carbonyl (C=O) groups excluding carboxylic acids is 1. The molecule has 19 heavy (non-hydrogen) atoms.